The van der Waals surface area contributed by atoms with Gasteiger partial charge in [-0.1, -0.05) is 72.0 Å². The maximum absolute atomic E-state index is 13.7. The molecule has 5 rings (SSSR count). The molecule has 9 nitrogen and oxygen atoms in total. The van der Waals surface area contributed by atoms with Crippen LogP contribution in [-0.2, 0) is 14.3 Å². The second-order valence-electron chi connectivity index (χ2n) is 10.4. The molecule has 202 valence electrons. The first-order valence-electron chi connectivity index (χ1n) is 12.9. The fraction of sp³-hybridized carbons (Fsp3) is 0.310. The Balaban J connectivity index is 1.31. The van der Waals surface area contributed by atoms with Gasteiger partial charge >= 0.3 is 6.09 Å². The first-order valence-corrected chi connectivity index (χ1v) is 13.7. The van der Waals surface area contributed by atoms with E-state index in [0.717, 1.165) is 15.4 Å². The topological polar surface area (TPSA) is 105 Å². The highest BCUT2D eigenvalue weighted by atomic mass is 32.1. The minimum Gasteiger partial charge on any atom is -0.444 e. The number of alkyl carbamates (subject to hydrolysis) is 1. The number of benzene rings is 2. The quantitative estimate of drug-likeness (QED) is 0.344. The number of hydrogen-bond donors (Lipinski definition) is 2. The third kappa shape index (κ3) is 6.12. The fourth-order valence-electron chi connectivity index (χ4n) is 4.63. The molecule has 0 radical (unpaired) electrons. The predicted octanol–water partition coefficient (Wildman–Crippen LogP) is 5.26. The van der Waals surface area contributed by atoms with Crippen LogP contribution in [0.4, 0.5) is 10.6 Å². The minimum absolute atomic E-state index is 0.307. The molecule has 2 aromatic carbocycles. The molecule has 1 fully saturated rings. The van der Waals surface area contributed by atoms with Crippen molar-refractivity contribution in [2.75, 3.05) is 11.9 Å². The Bertz CT molecular complexity index is 1440. The molecule has 39 heavy (non-hydrogen) atoms. The summed E-state index contributed by atoms with van der Waals surface area (Å²) in [6, 6.07) is 17.4. The average Bonchev–Trinajstić information content (AvgIpc) is 3.62. The number of nitrogens with one attached hydrogen (secondary N) is 2. The summed E-state index contributed by atoms with van der Waals surface area (Å²) < 4.78 is 7.29. The molecule has 0 aliphatic carbocycles. The van der Waals surface area contributed by atoms with Crippen LogP contribution in [-0.4, -0.2) is 50.4 Å². The lowest BCUT2D eigenvalue weighted by atomic mass is 10.0. The number of imidazole rings is 1. The second-order valence-corrected chi connectivity index (χ2v) is 11.5. The molecule has 0 saturated carbocycles. The third-order valence-electron chi connectivity index (χ3n) is 6.34. The van der Waals surface area contributed by atoms with Crippen LogP contribution in [0.1, 0.15) is 45.2 Å². The van der Waals surface area contributed by atoms with E-state index in [9.17, 15) is 14.4 Å². The van der Waals surface area contributed by atoms with E-state index in [4.69, 9.17) is 4.74 Å². The summed E-state index contributed by atoms with van der Waals surface area (Å²) in [5.74, 6) is -0.237. The van der Waals surface area contributed by atoms with Gasteiger partial charge in [-0.2, -0.15) is 0 Å². The fourth-order valence-corrected chi connectivity index (χ4v) is 5.60. The van der Waals surface area contributed by atoms with Crippen molar-refractivity contribution in [2.45, 2.75) is 51.3 Å². The Morgan fingerprint density at radius 2 is 1.72 bits per heavy atom. The number of aromatic nitrogens is 2. The molecule has 1 saturated heterocycles. The number of ether oxygens (including phenoxy) is 1. The summed E-state index contributed by atoms with van der Waals surface area (Å²) in [5.41, 5.74) is 1.000. The van der Waals surface area contributed by atoms with Crippen LogP contribution in [0.3, 0.4) is 0 Å². The molecule has 1 aliphatic heterocycles. The van der Waals surface area contributed by atoms with Crippen molar-refractivity contribution in [1.82, 2.24) is 19.6 Å². The summed E-state index contributed by atoms with van der Waals surface area (Å²) in [6.07, 6.45) is 4.25. The number of nitrogens with zero attached hydrogens (tertiary/aromatic N) is 3. The molecule has 0 bridgehead atoms. The number of rotatable bonds is 6. The Labute approximate surface area is 230 Å². The number of thiazole rings is 1. The van der Waals surface area contributed by atoms with Gasteiger partial charge in [0.25, 0.3) is 5.91 Å². The van der Waals surface area contributed by atoms with E-state index in [2.05, 4.69) is 15.6 Å². The predicted molar refractivity (Wildman–Crippen MR) is 150 cm³/mol. The molecule has 2 atom stereocenters. The lowest BCUT2D eigenvalue weighted by Crippen LogP contribution is -2.49. The first kappa shape index (κ1) is 26.4. The zero-order valence-corrected chi connectivity index (χ0v) is 22.9. The van der Waals surface area contributed by atoms with E-state index in [1.54, 1.807) is 51.2 Å². The smallest absolute Gasteiger partial charge is 0.408 e. The lowest BCUT2D eigenvalue weighted by molar-refractivity contribution is -0.138. The van der Waals surface area contributed by atoms with E-state index < -0.39 is 23.8 Å². The van der Waals surface area contributed by atoms with Gasteiger partial charge in [0.05, 0.1) is 11.1 Å². The van der Waals surface area contributed by atoms with E-state index in [-0.39, 0.29) is 11.8 Å². The molecule has 3 heterocycles. The molecule has 1 unspecified atom stereocenters. The van der Waals surface area contributed by atoms with Gasteiger partial charge in [-0.15, -0.1) is 0 Å². The molecule has 3 amide bonds. The Hall–Kier alpha value is -4.18. The summed E-state index contributed by atoms with van der Waals surface area (Å²) in [7, 11) is 0. The van der Waals surface area contributed by atoms with Gasteiger partial charge in [-0.25, -0.2) is 9.78 Å². The number of amides is 3. The van der Waals surface area contributed by atoms with Crippen molar-refractivity contribution in [3.8, 4) is 10.4 Å². The van der Waals surface area contributed by atoms with E-state index in [1.807, 2.05) is 47.0 Å². The monoisotopic (exact) mass is 545 g/mol. The number of carbonyl (C=O) groups excluding carboxylic acids is 3. The molecule has 4 aromatic rings. The molecule has 0 spiro atoms. The van der Waals surface area contributed by atoms with Gasteiger partial charge in [0.1, 0.15) is 17.7 Å². The van der Waals surface area contributed by atoms with Crippen molar-refractivity contribution in [1.29, 1.82) is 0 Å². The number of hydrogen-bond acceptors (Lipinski definition) is 6. The Kier molecular flexibility index (Phi) is 7.38. The molecular formula is C29H31N5O4S. The highest BCUT2D eigenvalue weighted by Crippen LogP contribution is 2.30. The highest BCUT2D eigenvalue weighted by molar-refractivity contribution is 7.20. The second kappa shape index (κ2) is 10.9. The maximum atomic E-state index is 13.7. The Morgan fingerprint density at radius 3 is 2.38 bits per heavy atom. The summed E-state index contributed by atoms with van der Waals surface area (Å²) in [6.45, 7) is 5.69. The minimum atomic E-state index is -0.983. The van der Waals surface area contributed by atoms with Crippen LogP contribution in [0.2, 0.25) is 0 Å². The van der Waals surface area contributed by atoms with E-state index in [1.165, 1.54) is 16.2 Å². The largest absolute Gasteiger partial charge is 0.444 e. The van der Waals surface area contributed by atoms with Crippen LogP contribution >= 0.6 is 11.3 Å². The van der Waals surface area contributed by atoms with Crippen molar-refractivity contribution < 1.29 is 19.1 Å². The van der Waals surface area contributed by atoms with Gasteiger partial charge < -0.3 is 20.3 Å². The van der Waals surface area contributed by atoms with Gasteiger partial charge in [-0.3, -0.25) is 14.0 Å². The average molecular weight is 546 g/mol. The van der Waals surface area contributed by atoms with E-state index in [0.29, 0.717) is 30.8 Å². The van der Waals surface area contributed by atoms with Crippen molar-refractivity contribution >= 4 is 40.0 Å². The summed E-state index contributed by atoms with van der Waals surface area (Å²) in [5, 5.41) is 5.59. The molecule has 1 aliphatic rings. The number of likely N-dealkylation sites (tertiary alicyclic amines) is 1. The van der Waals surface area contributed by atoms with Crippen LogP contribution in [0, 0.1) is 0 Å². The van der Waals surface area contributed by atoms with Crippen LogP contribution in [0.25, 0.3) is 15.4 Å². The van der Waals surface area contributed by atoms with Gasteiger partial charge in [-0.05, 0) is 44.7 Å². The van der Waals surface area contributed by atoms with E-state index >= 15 is 0 Å². The van der Waals surface area contributed by atoms with Crippen LogP contribution < -0.4 is 10.6 Å². The van der Waals surface area contributed by atoms with Crippen molar-refractivity contribution in [3.05, 3.63) is 78.6 Å². The molecule has 2 N–H and O–H groups in total. The molecule has 2 aromatic heterocycles. The Morgan fingerprint density at radius 1 is 1.03 bits per heavy atom. The third-order valence-corrected chi connectivity index (χ3v) is 7.39. The highest BCUT2D eigenvalue weighted by Gasteiger charge is 2.39. The zero-order valence-electron chi connectivity index (χ0n) is 22.1. The maximum Gasteiger partial charge on any atom is 0.408 e. The number of fused-ring (bicyclic) bond motifs is 1. The SMILES string of the molecule is CC(C)(C)OC(=O)N[C@@H](C(=O)N1CCCC1C(=O)Nc1cn2cc(-c3ccccc3)sc2n1)c1ccccc1. The van der Waals surface area contributed by atoms with Gasteiger partial charge in [0.15, 0.2) is 10.8 Å². The molecule has 10 heteroatoms. The number of anilines is 1. The normalized spacial score (nSPS) is 16.2. The molecular weight excluding hydrogens is 514 g/mol. The zero-order chi connectivity index (χ0) is 27.6. The summed E-state index contributed by atoms with van der Waals surface area (Å²) in [4.78, 5) is 47.6. The van der Waals surface area contributed by atoms with Crippen LogP contribution in [0.5, 0.6) is 0 Å². The standard InChI is InChI=1S/C29H31N5O4S/c1-29(2,3)38-28(37)32-24(20-13-8-5-9-14-20)26(36)34-16-10-15-21(34)25(35)30-23-18-33-17-22(39-27(33)31-23)19-11-6-4-7-12-19/h4-9,11-14,17-18,21,24H,10,15-16H2,1-3H3,(H,30,35)(H,32,37)/t21?,24-/m1/s1. The van der Waals surface area contributed by atoms with Crippen molar-refractivity contribution in [3.63, 3.8) is 0 Å². The van der Waals surface area contributed by atoms with Gasteiger partial charge in [0.2, 0.25) is 5.91 Å². The van der Waals surface area contributed by atoms with Crippen molar-refractivity contribution in [2.24, 2.45) is 0 Å². The lowest BCUT2D eigenvalue weighted by Gasteiger charge is -2.29. The van der Waals surface area contributed by atoms with Crippen LogP contribution in [0.15, 0.2) is 73.1 Å². The summed E-state index contributed by atoms with van der Waals surface area (Å²) >= 11 is 1.53. The first-order chi connectivity index (χ1) is 18.7. The number of carbonyl (C=O) groups is 3. The van der Waals surface area contributed by atoms with Gasteiger partial charge in [0, 0.05) is 12.7 Å².